The van der Waals surface area contributed by atoms with Gasteiger partial charge in [-0.3, -0.25) is 0 Å². The van der Waals surface area contributed by atoms with Crippen molar-refractivity contribution in [3.63, 3.8) is 0 Å². The molecule has 0 amide bonds. The molecule has 1 aliphatic rings. The van der Waals surface area contributed by atoms with Crippen molar-refractivity contribution >= 4 is 10.9 Å². The lowest BCUT2D eigenvalue weighted by molar-refractivity contribution is 0.582. The van der Waals surface area contributed by atoms with Crippen LogP contribution in [0, 0.1) is 11.6 Å². The molecule has 0 unspecified atom stereocenters. The summed E-state index contributed by atoms with van der Waals surface area (Å²) in [5, 5.41) is 3.92. The van der Waals surface area contributed by atoms with Crippen molar-refractivity contribution in [1.29, 1.82) is 0 Å². The van der Waals surface area contributed by atoms with Crippen molar-refractivity contribution in [3.05, 3.63) is 35.5 Å². The first-order valence-corrected chi connectivity index (χ1v) is 5.43. The Morgan fingerprint density at radius 1 is 1.12 bits per heavy atom. The lowest BCUT2D eigenvalue weighted by Gasteiger charge is -2.06. The zero-order valence-corrected chi connectivity index (χ0v) is 8.76. The van der Waals surface area contributed by atoms with E-state index in [0.717, 1.165) is 37.8 Å². The van der Waals surface area contributed by atoms with Gasteiger partial charge in [-0.25, -0.2) is 8.78 Å². The number of nitrogens with zero attached hydrogens (tertiary/aromatic N) is 1. The topological polar surface area (TPSA) is 17.0 Å². The van der Waals surface area contributed by atoms with Crippen LogP contribution in [-0.4, -0.2) is 17.7 Å². The van der Waals surface area contributed by atoms with Crippen LogP contribution in [0.3, 0.4) is 0 Å². The molecule has 0 fully saturated rings. The molecule has 0 atom stereocenters. The van der Waals surface area contributed by atoms with E-state index in [2.05, 4.69) is 5.32 Å². The standard InChI is InChI=1S/C12H12F2N2/c13-9-5-8-6-10-1-2-15-3-4-16(10)12(8)11(14)7-9/h5-7,15H,1-4H2. The first kappa shape index (κ1) is 9.78. The molecule has 1 aliphatic heterocycles. The number of halogens is 2. The third kappa shape index (κ3) is 1.41. The van der Waals surface area contributed by atoms with E-state index in [0.29, 0.717) is 10.9 Å². The quantitative estimate of drug-likeness (QED) is 0.722. The van der Waals surface area contributed by atoms with Crippen LogP contribution in [0.2, 0.25) is 0 Å². The number of aromatic nitrogens is 1. The maximum atomic E-state index is 13.7. The second kappa shape index (κ2) is 3.56. The van der Waals surface area contributed by atoms with Crippen molar-refractivity contribution in [3.8, 4) is 0 Å². The molecule has 0 aliphatic carbocycles. The molecular formula is C12H12F2N2. The van der Waals surface area contributed by atoms with E-state index in [-0.39, 0.29) is 0 Å². The Balaban J connectivity index is 2.29. The predicted octanol–water partition coefficient (Wildman–Crippen LogP) is 2.07. The lowest BCUT2D eigenvalue weighted by Crippen LogP contribution is -2.17. The molecule has 2 nitrogen and oxygen atoms in total. The summed E-state index contributed by atoms with van der Waals surface area (Å²) in [5.41, 5.74) is 1.60. The lowest BCUT2D eigenvalue weighted by atomic mass is 10.2. The number of hydrogen-bond donors (Lipinski definition) is 1. The highest BCUT2D eigenvalue weighted by atomic mass is 19.1. The van der Waals surface area contributed by atoms with Gasteiger partial charge in [-0.15, -0.1) is 0 Å². The maximum absolute atomic E-state index is 13.7. The highest BCUT2D eigenvalue weighted by molar-refractivity contribution is 5.82. The number of rotatable bonds is 0. The molecule has 0 spiro atoms. The Morgan fingerprint density at radius 3 is 2.88 bits per heavy atom. The van der Waals surface area contributed by atoms with E-state index in [1.54, 1.807) is 0 Å². The van der Waals surface area contributed by atoms with Crippen LogP contribution >= 0.6 is 0 Å². The molecule has 84 valence electrons. The van der Waals surface area contributed by atoms with Crippen LogP contribution in [0.15, 0.2) is 18.2 Å². The van der Waals surface area contributed by atoms with Crippen molar-refractivity contribution in [2.45, 2.75) is 13.0 Å². The summed E-state index contributed by atoms with van der Waals surface area (Å²) >= 11 is 0. The Kier molecular flexibility index (Phi) is 2.17. The molecule has 1 aromatic heterocycles. The summed E-state index contributed by atoms with van der Waals surface area (Å²) in [5.74, 6) is -0.980. The van der Waals surface area contributed by atoms with Gasteiger partial charge in [-0.1, -0.05) is 0 Å². The molecule has 0 bridgehead atoms. The average molecular weight is 222 g/mol. The summed E-state index contributed by atoms with van der Waals surface area (Å²) in [6, 6.07) is 4.23. The Labute approximate surface area is 91.9 Å². The van der Waals surface area contributed by atoms with Crippen LogP contribution in [-0.2, 0) is 13.0 Å². The van der Waals surface area contributed by atoms with Crippen molar-refractivity contribution < 1.29 is 8.78 Å². The van der Waals surface area contributed by atoms with Gasteiger partial charge in [0.1, 0.15) is 11.6 Å². The number of nitrogens with one attached hydrogen (secondary N) is 1. The summed E-state index contributed by atoms with van der Waals surface area (Å²) in [6.07, 6.45) is 0.857. The number of benzene rings is 1. The molecule has 0 saturated heterocycles. The average Bonchev–Trinajstić information content (AvgIpc) is 2.42. The largest absolute Gasteiger partial charge is 0.341 e. The molecule has 16 heavy (non-hydrogen) atoms. The van der Waals surface area contributed by atoms with Gasteiger partial charge in [0.05, 0.1) is 5.52 Å². The smallest absolute Gasteiger partial charge is 0.150 e. The molecular weight excluding hydrogens is 210 g/mol. The summed E-state index contributed by atoms with van der Waals surface area (Å²) in [4.78, 5) is 0. The van der Waals surface area contributed by atoms with Gasteiger partial charge in [0.2, 0.25) is 0 Å². The monoisotopic (exact) mass is 222 g/mol. The Bertz CT molecular complexity index is 545. The number of hydrogen-bond acceptors (Lipinski definition) is 1. The molecule has 3 rings (SSSR count). The van der Waals surface area contributed by atoms with Crippen LogP contribution in [0.25, 0.3) is 10.9 Å². The minimum absolute atomic E-state index is 0.469. The first-order valence-electron chi connectivity index (χ1n) is 5.43. The first-order chi connectivity index (χ1) is 7.75. The van der Waals surface area contributed by atoms with E-state index < -0.39 is 11.6 Å². The SMILES string of the molecule is Fc1cc(F)c2c(c1)cc1n2CCNCC1. The summed E-state index contributed by atoms with van der Waals surface area (Å²) < 4.78 is 28.7. The van der Waals surface area contributed by atoms with E-state index in [1.807, 2.05) is 10.6 Å². The van der Waals surface area contributed by atoms with Gasteiger partial charge in [-0.2, -0.15) is 0 Å². The van der Waals surface area contributed by atoms with E-state index in [1.165, 1.54) is 6.07 Å². The Morgan fingerprint density at radius 2 is 2.00 bits per heavy atom. The molecule has 0 saturated carbocycles. The van der Waals surface area contributed by atoms with Crippen LogP contribution in [0.4, 0.5) is 8.78 Å². The summed E-state index contributed by atoms with van der Waals surface area (Å²) in [6.45, 7) is 2.45. The van der Waals surface area contributed by atoms with Crippen molar-refractivity contribution in [1.82, 2.24) is 9.88 Å². The minimum Gasteiger partial charge on any atom is -0.341 e. The third-order valence-electron chi connectivity index (χ3n) is 3.07. The minimum atomic E-state index is -0.510. The van der Waals surface area contributed by atoms with Crippen molar-refractivity contribution in [2.24, 2.45) is 0 Å². The molecule has 0 radical (unpaired) electrons. The predicted molar refractivity (Wildman–Crippen MR) is 58.4 cm³/mol. The van der Waals surface area contributed by atoms with E-state index in [9.17, 15) is 8.78 Å². The van der Waals surface area contributed by atoms with Crippen LogP contribution in [0.5, 0.6) is 0 Å². The summed E-state index contributed by atoms with van der Waals surface area (Å²) in [7, 11) is 0. The third-order valence-corrected chi connectivity index (χ3v) is 3.07. The second-order valence-corrected chi connectivity index (χ2v) is 4.11. The van der Waals surface area contributed by atoms with E-state index in [4.69, 9.17) is 0 Å². The van der Waals surface area contributed by atoms with Crippen LogP contribution in [0.1, 0.15) is 5.69 Å². The van der Waals surface area contributed by atoms with Gasteiger partial charge in [-0.05, 0) is 12.1 Å². The van der Waals surface area contributed by atoms with E-state index >= 15 is 0 Å². The highest BCUT2D eigenvalue weighted by Gasteiger charge is 2.15. The fourth-order valence-electron chi connectivity index (χ4n) is 2.38. The normalized spacial score (nSPS) is 16.1. The fourth-order valence-corrected chi connectivity index (χ4v) is 2.38. The van der Waals surface area contributed by atoms with Crippen molar-refractivity contribution in [2.75, 3.05) is 13.1 Å². The van der Waals surface area contributed by atoms with Gasteiger partial charge in [0.25, 0.3) is 0 Å². The van der Waals surface area contributed by atoms with Gasteiger partial charge in [0.15, 0.2) is 0 Å². The fraction of sp³-hybridized carbons (Fsp3) is 0.333. The van der Waals surface area contributed by atoms with Gasteiger partial charge in [0, 0.05) is 43.2 Å². The Hall–Kier alpha value is -1.42. The molecule has 1 N–H and O–H groups in total. The van der Waals surface area contributed by atoms with Gasteiger partial charge < -0.3 is 9.88 Å². The molecule has 2 aromatic rings. The number of fused-ring (bicyclic) bond motifs is 3. The molecule has 2 heterocycles. The van der Waals surface area contributed by atoms with Crippen LogP contribution < -0.4 is 5.32 Å². The second-order valence-electron chi connectivity index (χ2n) is 4.11. The highest BCUT2D eigenvalue weighted by Crippen LogP contribution is 2.25. The zero-order chi connectivity index (χ0) is 11.1. The zero-order valence-electron chi connectivity index (χ0n) is 8.76. The molecule has 1 aromatic carbocycles. The maximum Gasteiger partial charge on any atom is 0.150 e. The molecule has 4 heteroatoms. The van der Waals surface area contributed by atoms with Gasteiger partial charge >= 0.3 is 0 Å².